The van der Waals surface area contributed by atoms with Gasteiger partial charge in [-0.1, -0.05) is 17.8 Å². The van der Waals surface area contributed by atoms with Crippen LogP contribution in [0.1, 0.15) is 34.3 Å². The van der Waals surface area contributed by atoms with Crippen LogP contribution in [0.3, 0.4) is 0 Å². The summed E-state index contributed by atoms with van der Waals surface area (Å²) in [6, 6.07) is 7.87. The van der Waals surface area contributed by atoms with Gasteiger partial charge in [-0.15, -0.1) is 0 Å². The van der Waals surface area contributed by atoms with Crippen LogP contribution in [0.25, 0.3) is 0 Å². The second-order valence-corrected chi connectivity index (χ2v) is 9.81. The number of ether oxygens (including phenoxy) is 3. The molecule has 0 spiro atoms. The first-order valence-electron chi connectivity index (χ1n) is 11.9. The summed E-state index contributed by atoms with van der Waals surface area (Å²) < 4.78 is 101. The highest BCUT2D eigenvalue weighted by molar-refractivity contribution is 7.99. The number of hydrogen-bond donors (Lipinski definition) is 0. The maximum atomic E-state index is 14.1. The Morgan fingerprint density at radius 2 is 1.58 bits per heavy atom. The smallest absolute Gasteiger partial charge is 0.418 e. The third kappa shape index (κ3) is 7.23. The molecule has 38 heavy (non-hydrogen) atoms. The lowest BCUT2D eigenvalue weighted by Crippen LogP contribution is -2.32. The molecule has 2 aliphatic heterocycles. The average Bonchev–Trinajstić information content (AvgIpc) is 2.87. The van der Waals surface area contributed by atoms with Crippen LogP contribution in [0.5, 0.6) is 5.75 Å². The van der Waals surface area contributed by atoms with Gasteiger partial charge in [-0.25, -0.2) is 0 Å². The first kappa shape index (κ1) is 28.3. The molecule has 2 aromatic carbocycles. The van der Waals surface area contributed by atoms with E-state index in [1.165, 1.54) is 18.3 Å². The molecule has 0 aromatic heterocycles. The molecular weight excluding hydrogens is 536 g/mol. The van der Waals surface area contributed by atoms with E-state index < -0.39 is 39.7 Å². The van der Waals surface area contributed by atoms with Gasteiger partial charge in [0.1, 0.15) is 11.9 Å². The van der Waals surface area contributed by atoms with Gasteiger partial charge in [0.25, 0.3) is 0 Å². The number of rotatable bonds is 7. The molecule has 0 bridgehead atoms. The van der Waals surface area contributed by atoms with Gasteiger partial charge in [0.15, 0.2) is 5.78 Å². The van der Waals surface area contributed by atoms with Crippen molar-refractivity contribution >= 4 is 17.5 Å². The zero-order chi connectivity index (χ0) is 27.3. The number of nitrogens with zero attached hydrogens (tertiary/aromatic N) is 1. The van der Waals surface area contributed by atoms with Crippen LogP contribution in [0.4, 0.5) is 26.3 Å². The third-order valence-electron chi connectivity index (χ3n) is 5.99. The molecular formula is C26H25F6NO4S. The summed E-state index contributed by atoms with van der Waals surface area (Å²) in [5.41, 5.74) is -4.95. The summed E-state index contributed by atoms with van der Waals surface area (Å²) in [6.45, 7) is 2.63. The van der Waals surface area contributed by atoms with Gasteiger partial charge < -0.3 is 19.1 Å². The number of allylic oxidation sites excluding steroid dienone is 1. The van der Waals surface area contributed by atoms with Crippen LogP contribution in [0.2, 0.25) is 0 Å². The largest absolute Gasteiger partial charge is 0.490 e. The van der Waals surface area contributed by atoms with E-state index in [9.17, 15) is 31.1 Å². The molecule has 5 nitrogen and oxygen atoms in total. The van der Waals surface area contributed by atoms with E-state index in [4.69, 9.17) is 14.2 Å². The quantitative estimate of drug-likeness (QED) is 0.220. The molecule has 2 saturated heterocycles. The summed E-state index contributed by atoms with van der Waals surface area (Å²) in [4.78, 5) is 13.9. The highest BCUT2D eigenvalue weighted by atomic mass is 32.2. The van der Waals surface area contributed by atoms with Gasteiger partial charge in [-0.3, -0.25) is 4.79 Å². The van der Waals surface area contributed by atoms with Crippen LogP contribution in [-0.2, 0) is 21.8 Å². The molecule has 2 aromatic rings. The number of halogens is 6. The summed E-state index contributed by atoms with van der Waals surface area (Å²) in [6.07, 6.45) is -7.46. The van der Waals surface area contributed by atoms with Crippen molar-refractivity contribution < 1.29 is 45.3 Å². The van der Waals surface area contributed by atoms with Crippen molar-refractivity contribution in [2.75, 3.05) is 39.5 Å². The van der Waals surface area contributed by atoms with Gasteiger partial charge in [-0.05, 0) is 30.3 Å². The molecule has 0 aliphatic carbocycles. The lowest BCUT2D eigenvalue weighted by molar-refractivity contribution is -0.163. The Labute approximate surface area is 219 Å². The number of morpholine rings is 1. The van der Waals surface area contributed by atoms with Gasteiger partial charge >= 0.3 is 12.4 Å². The molecule has 2 aliphatic rings. The summed E-state index contributed by atoms with van der Waals surface area (Å²) >= 11 is 0.528. The number of alkyl halides is 6. The maximum Gasteiger partial charge on any atom is 0.418 e. The van der Waals surface area contributed by atoms with Gasteiger partial charge in [0, 0.05) is 53.6 Å². The summed E-state index contributed by atoms with van der Waals surface area (Å²) in [7, 11) is 0. The Morgan fingerprint density at radius 1 is 0.921 bits per heavy atom. The van der Waals surface area contributed by atoms with Crippen LogP contribution < -0.4 is 4.74 Å². The number of benzene rings is 2. The number of carbonyl (C=O) groups excluding carboxylic acids is 1. The average molecular weight is 562 g/mol. The maximum absolute atomic E-state index is 14.1. The first-order chi connectivity index (χ1) is 18.0. The fourth-order valence-corrected chi connectivity index (χ4v) is 5.20. The van der Waals surface area contributed by atoms with E-state index in [1.807, 2.05) is 0 Å². The van der Waals surface area contributed by atoms with E-state index in [0.29, 0.717) is 69.9 Å². The topological polar surface area (TPSA) is 48.0 Å². The Bertz CT molecular complexity index is 1160. The normalized spacial score (nSPS) is 17.7. The lowest BCUT2D eigenvalue weighted by Gasteiger charge is -2.25. The molecule has 4 rings (SSSR count). The molecule has 206 valence electrons. The van der Waals surface area contributed by atoms with Crippen LogP contribution in [-0.4, -0.2) is 56.3 Å². The monoisotopic (exact) mass is 561 g/mol. The fraction of sp³-hybridized carbons (Fsp3) is 0.423. The van der Waals surface area contributed by atoms with Crippen molar-refractivity contribution in [1.29, 1.82) is 0 Å². The molecule has 2 fully saturated rings. The minimum atomic E-state index is -5.42. The Hall–Kier alpha value is -2.70. The van der Waals surface area contributed by atoms with Crippen LogP contribution in [0.15, 0.2) is 58.5 Å². The minimum absolute atomic E-state index is 0.123. The number of hydrogen-bond acceptors (Lipinski definition) is 6. The van der Waals surface area contributed by atoms with E-state index in [0.717, 1.165) is 18.2 Å². The highest BCUT2D eigenvalue weighted by Crippen LogP contribution is 2.48. The Balaban J connectivity index is 1.67. The molecule has 2 heterocycles. The van der Waals surface area contributed by atoms with Gasteiger partial charge in [-0.2, -0.15) is 26.3 Å². The molecule has 0 amide bonds. The zero-order valence-corrected chi connectivity index (χ0v) is 20.9. The highest BCUT2D eigenvalue weighted by Gasteiger charge is 2.47. The van der Waals surface area contributed by atoms with Crippen molar-refractivity contribution in [3.63, 3.8) is 0 Å². The number of ketones is 1. The van der Waals surface area contributed by atoms with Crippen LogP contribution >= 0.6 is 11.8 Å². The third-order valence-corrected chi connectivity index (χ3v) is 7.04. The second-order valence-electron chi connectivity index (χ2n) is 8.69. The van der Waals surface area contributed by atoms with Crippen LogP contribution in [0, 0.1) is 0 Å². The first-order valence-corrected chi connectivity index (χ1v) is 12.7. The zero-order valence-electron chi connectivity index (χ0n) is 20.1. The summed E-state index contributed by atoms with van der Waals surface area (Å²) in [5.74, 6) is -0.774. The predicted octanol–water partition coefficient (Wildman–Crippen LogP) is 6.46. The van der Waals surface area contributed by atoms with E-state index >= 15 is 0 Å². The lowest BCUT2D eigenvalue weighted by atomic mass is 9.96. The van der Waals surface area contributed by atoms with Crippen molar-refractivity contribution in [3.05, 3.63) is 65.4 Å². The fourth-order valence-electron chi connectivity index (χ4n) is 4.16. The molecule has 0 atom stereocenters. The Morgan fingerprint density at radius 3 is 2.24 bits per heavy atom. The van der Waals surface area contributed by atoms with Crippen molar-refractivity contribution in [3.8, 4) is 5.75 Å². The molecule has 0 saturated carbocycles. The van der Waals surface area contributed by atoms with E-state index in [1.54, 1.807) is 17.0 Å². The SMILES string of the molecule is O=C(C=CN1CCOCC1)c1ccc(Sc2cccc(OC3CCOCC3)c2)c(C(F)(F)F)c1C(F)(F)F. The summed E-state index contributed by atoms with van der Waals surface area (Å²) in [5, 5.41) is 0. The van der Waals surface area contributed by atoms with E-state index in [-0.39, 0.29) is 11.0 Å². The van der Waals surface area contributed by atoms with Crippen molar-refractivity contribution in [2.45, 2.75) is 41.1 Å². The van der Waals surface area contributed by atoms with Gasteiger partial charge in [0.2, 0.25) is 0 Å². The minimum Gasteiger partial charge on any atom is -0.490 e. The Kier molecular flexibility index (Phi) is 8.94. The molecule has 0 radical (unpaired) electrons. The molecule has 0 N–H and O–H groups in total. The number of carbonyl (C=O) groups is 1. The van der Waals surface area contributed by atoms with Crippen molar-refractivity contribution in [1.82, 2.24) is 4.90 Å². The molecule has 12 heteroatoms. The second kappa shape index (κ2) is 12.0. The molecule has 0 unspecified atom stereocenters. The predicted molar refractivity (Wildman–Crippen MR) is 127 cm³/mol. The van der Waals surface area contributed by atoms with Gasteiger partial charge in [0.05, 0.1) is 37.6 Å². The van der Waals surface area contributed by atoms with E-state index in [2.05, 4.69) is 0 Å². The standard InChI is InChI=1S/C26H25F6NO4S/c27-25(28,29)23-20(21(34)6-9-33-10-14-36-15-11-33)4-5-22(24(23)26(30,31)32)38-19-3-1-2-18(16-19)37-17-7-12-35-13-8-17/h1-6,9,16-17H,7-8,10-15H2. The van der Waals surface area contributed by atoms with Crippen molar-refractivity contribution in [2.24, 2.45) is 0 Å².